The summed E-state index contributed by atoms with van der Waals surface area (Å²) in [6.45, 7) is 4.46. The van der Waals surface area contributed by atoms with Crippen molar-refractivity contribution in [3.8, 4) is 0 Å². The molecule has 0 radical (unpaired) electrons. The molecule has 0 amide bonds. The first-order valence-electron chi connectivity index (χ1n) is 6.44. The minimum atomic E-state index is -0.0498. The average molecular weight is 218 g/mol. The van der Waals surface area contributed by atoms with Crippen LogP contribution >= 0.6 is 0 Å². The molecule has 1 heteroatoms. The molecule has 88 valence electrons. The quantitative estimate of drug-likeness (QED) is 0.800. The van der Waals surface area contributed by atoms with Gasteiger partial charge in [-0.3, -0.25) is 0 Å². The molecule has 0 aliphatic heterocycles. The summed E-state index contributed by atoms with van der Waals surface area (Å²) >= 11 is 0. The first kappa shape index (κ1) is 11.7. The smallest absolute Gasteiger partial charge is 0.0540 e. The van der Waals surface area contributed by atoms with Crippen molar-refractivity contribution in [1.29, 1.82) is 0 Å². The molecule has 0 unspecified atom stereocenters. The van der Waals surface area contributed by atoms with E-state index >= 15 is 0 Å². The zero-order valence-electron chi connectivity index (χ0n) is 10.3. The van der Waals surface area contributed by atoms with Crippen LogP contribution in [0.1, 0.15) is 62.5 Å². The summed E-state index contributed by atoms with van der Waals surface area (Å²) in [6, 6.07) is 9.06. The summed E-state index contributed by atoms with van der Waals surface area (Å²) in [4.78, 5) is 0. The maximum Gasteiger partial charge on any atom is 0.0540 e. The largest absolute Gasteiger partial charge is 0.393 e. The van der Waals surface area contributed by atoms with Crippen LogP contribution in [0.4, 0.5) is 0 Å². The molecule has 1 aliphatic carbocycles. The third-order valence-electron chi connectivity index (χ3n) is 3.77. The molecule has 0 bridgehead atoms. The molecule has 2 rings (SSSR count). The molecular weight excluding hydrogens is 196 g/mol. The second kappa shape index (κ2) is 5.01. The fourth-order valence-corrected chi connectivity index (χ4v) is 2.56. The molecule has 1 aromatic rings. The topological polar surface area (TPSA) is 20.2 Å². The lowest BCUT2D eigenvalue weighted by molar-refractivity contribution is 0.122. The van der Waals surface area contributed by atoms with Crippen LogP contribution in [0.5, 0.6) is 0 Å². The Balaban J connectivity index is 2.04. The summed E-state index contributed by atoms with van der Waals surface area (Å²) in [5.41, 5.74) is 2.87. The van der Waals surface area contributed by atoms with Gasteiger partial charge >= 0.3 is 0 Å². The Bertz CT molecular complexity index is 318. The van der Waals surface area contributed by atoms with Crippen molar-refractivity contribution in [2.75, 3.05) is 0 Å². The van der Waals surface area contributed by atoms with Crippen LogP contribution in [-0.4, -0.2) is 11.2 Å². The highest BCUT2D eigenvalue weighted by atomic mass is 16.3. The van der Waals surface area contributed by atoms with Gasteiger partial charge in [-0.05, 0) is 48.6 Å². The lowest BCUT2D eigenvalue weighted by Crippen LogP contribution is -2.16. The van der Waals surface area contributed by atoms with Crippen LogP contribution in [0.2, 0.25) is 0 Å². The van der Waals surface area contributed by atoms with Crippen LogP contribution in [0, 0.1) is 0 Å². The van der Waals surface area contributed by atoms with Gasteiger partial charge < -0.3 is 5.11 Å². The molecule has 1 aliphatic rings. The Morgan fingerprint density at radius 2 is 1.56 bits per heavy atom. The van der Waals surface area contributed by atoms with E-state index < -0.39 is 0 Å². The highest BCUT2D eigenvalue weighted by Gasteiger charge is 2.20. The molecule has 0 saturated heterocycles. The molecule has 0 spiro atoms. The summed E-state index contributed by atoms with van der Waals surface area (Å²) in [5.74, 6) is 1.28. The molecule has 1 fully saturated rings. The van der Waals surface area contributed by atoms with Crippen LogP contribution < -0.4 is 0 Å². The average Bonchev–Trinajstić information content (AvgIpc) is 2.30. The zero-order chi connectivity index (χ0) is 11.5. The van der Waals surface area contributed by atoms with Gasteiger partial charge in [0.2, 0.25) is 0 Å². The van der Waals surface area contributed by atoms with E-state index in [0.29, 0.717) is 11.8 Å². The molecule has 1 saturated carbocycles. The Kier molecular flexibility index (Phi) is 3.65. The molecule has 1 nitrogen and oxygen atoms in total. The second-order valence-corrected chi connectivity index (χ2v) is 5.33. The number of benzene rings is 1. The van der Waals surface area contributed by atoms with Gasteiger partial charge in [0, 0.05) is 0 Å². The molecule has 1 N–H and O–H groups in total. The van der Waals surface area contributed by atoms with E-state index in [1.54, 1.807) is 0 Å². The van der Waals surface area contributed by atoms with Crippen LogP contribution in [0.15, 0.2) is 24.3 Å². The van der Waals surface area contributed by atoms with Gasteiger partial charge in [-0.25, -0.2) is 0 Å². The second-order valence-electron chi connectivity index (χ2n) is 5.33. The minimum absolute atomic E-state index is 0.0498. The molecule has 0 aromatic heterocycles. The van der Waals surface area contributed by atoms with Crippen molar-refractivity contribution < 1.29 is 5.11 Å². The van der Waals surface area contributed by atoms with E-state index in [1.807, 2.05) is 0 Å². The van der Waals surface area contributed by atoms with Crippen molar-refractivity contribution >= 4 is 0 Å². The predicted molar refractivity (Wildman–Crippen MR) is 67.7 cm³/mol. The van der Waals surface area contributed by atoms with Crippen LogP contribution in [-0.2, 0) is 0 Å². The van der Waals surface area contributed by atoms with E-state index in [1.165, 1.54) is 11.1 Å². The molecular formula is C15H22O. The number of aliphatic hydroxyl groups excluding tert-OH is 1. The first-order valence-corrected chi connectivity index (χ1v) is 6.44. The number of hydrogen-bond acceptors (Lipinski definition) is 1. The summed E-state index contributed by atoms with van der Waals surface area (Å²) < 4.78 is 0. The summed E-state index contributed by atoms with van der Waals surface area (Å²) in [5, 5.41) is 9.49. The molecule has 16 heavy (non-hydrogen) atoms. The number of rotatable bonds is 2. The van der Waals surface area contributed by atoms with Crippen molar-refractivity contribution in [3.63, 3.8) is 0 Å². The van der Waals surface area contributed by atoms with E-state index in [0.717, 1.165) is 25.7 Å². The summed E-state index contributed by atoms with van der Waals surface area (Å²) in [7, 11) is 0. The van der Waals surface area contributed by atoms with Gasteiger partial charge in [-0.15, -0.1) is 0 Å². The fraction of sp³-hybridized carbons (Fsp3) is 0.600. The van der Waals surface area contributed by atoms with E-state index in [2.05, 4.69) is 38.1 Å². The maximum absolute atomic E-state index is 9.49. The maximum atomic E-state index is 9.49. The monoisotopic (exact) mass is 218 g/mol. The lowest BCUT2D eigenvalue weighted by Gasteiger charge is -2.25. The van der Waals surface area contributed by atoms with Crippen molar-refractivity contribution in [2.24, 2.45) is 0 Å². The van der Waals surface area contributed by atoms with Gasteiger partial charge in [0.15, 0.2) is 0 Å². The molecule has 1 aromatic carbocycles. The van der Waals surface area contributed by atoms with Gasteiger partial charge in [-0.1, -0.05) is 38.1 Å². The highest BCUT2D eigenvalue weighted by molar-refractivity contribution is 5.27. The third kappa shape index (κ3) is 2.65. The molecule has 0 atom stereocenters. The third-order valence-corrected chi connectivity index (χ3v) is 3.77. The minimum Gasteiger partial charge on any atom is -0.393 e. The highest BCUT2D eigenvalue weighted by Crippen LogP contribution is 2.33. The van der Waals surface area contributed by atoms with Crippen LogP contribution in [0.25, 0.3) is 0 Å². The Morgan fingerprint density at radius 3 is 2.06 bits per heavy atom. The van der Waals surface area contributed by atoms with Gasteiger partial charge in [0.05, 0.1) is 6.10 Å². The lowest BCUT2D eigenvalue weighted by atomic mass is 9.82. The Morgan fingerprint density at radius 1 is 1.00 bits per heavy atom. The predicted octanol–water partition coefficient (Wildman–Crippen LogP) is 3.83. The van der Waals surface area contributed by atoms with Gasteiger partial charge in [-0.2, -0.15) is 0 Å². The Hall–Kier alpha value is -0.820. The molecule has 0 heterocycles. The number of hydrogen-bond donors (Lipinski definition) is 1. The normalized spacial score (nSPS) is 26.0. The standard InChI is InChI=1S/C15H22O/c1-11(2)12-3-5-13(6-4-12)14-7-9-15(16)10-8-14/h3-6,11,14-16H,7-10H2,1-2H3. The Labute approximate surface area is 98.5 Å². The SMILES string of the molecule is CC(C)c1ccc(C2CCC(O)CC2)cc1. The summed E-state index contributed by atoms with van der Waals surface area (Å²) in [6.07, 6.45) is 4.17. The van der Waals surface area contributed by atoms with Gasteiger partial charge in [0.25, 0.3) is 0 Å². The van der Waals surface area contributed by atoms with Crippen molar-refractivity contribution in [3.05, 3.63) is 35.4 Å². The fourth-order valence-electron chi connectivity index (χ4n) is 2.56. The first-order chi connectivity index (χ1) is 7.66. The van der Waals surface area contributed by atoms with Crippen molar-refractivity contribution in [2.45, 2.75) is 57.5 Å². The number of aliphatic hydroxyl groups is 1. The van der Waals surface area contributed by atoms with Crippen molar-refractivity contribution in [1.82, 2.24) is 0 Å². The van der Waals surface area contributed by atoms with Gasteiger partial charge in [0.1, 0.15) is 0 Å². The zero-order valence-corrected chi connectivity index (χ0v) is 10.3. The van der Waals surface area contributed by atoms with E-state index in [4.69, 9.17) is 0 Å². The van der Waals surface area contributed by atoms with E-state index in [-0.39, 0.29) is 6.10 Å². The van der Waals surface area contributed by atoms with Crippen LogP contribution in [0.3, 0.4) is 0 Å². The van der Waals surface area contributed by atoms with E-state index in [9.17, 15) is 5.11 Å².